The third-order valence-corrected chi connectivity index (χ3v) is 4.24. The van der Waals surface area contributed by atoms with E-state index in [4.69, 9.17) is 16.3 Å². The number of ether oxygens (including phenoxy) is 1. The Morgan fingerprint density at radius 3 is 2.43 bits per heavy atom. The normalized spacial score (nSPS) is 11.0. The molecule has 0 saturated carbocycles. The predicted molar refractivity (Wildman–Crippen MR) is 102 cm³/mol. The lowest BCUT2D eigenvalue weighted by Gasteiger charge is -2.10. The third kappa shape index (κ3) is 6.45. The van der Waals surface area contributed by atoms with Crippen molar-refractivity contribution in [1.82, 2.24) is 10.3 Å². The van der Waals surface area contributed by atoms with E-state index in [1.54, 1.807) is 18.2 Å². The van der Waals surface area contributed by atoms with Gasteiger partial charge < -0.3 is 15.4 Å². The number of halogens is 4. The minimum Gasteiger partial charge on any atom is -0.454 e. The Hall–Kier alpha value is -3.14. The quantitative estimate of drug-likeness (QED) is 0.668. The number of aryl methyl sites for hydroxylation is 2. The zero-order chi connectivity index (χ0) is 22.5. The van der Waals surface area contributed by atoms with Gasteiger partial charge >= 0.3 is 12.1 Å². The number of pyridine rings is 1. The van der Waals surface area contributed by atoms with Crippen molar-refractivity contribution in [2.24, 2.45) is 0 Å². The first-order chi connectivity index (χ1) is 14.0. The van der Waals surface area contributed by atoms with Gasteiger partial charge in [0.25, 0.3) is 11.8 Å². The Bertz CT molecular complexity index is 980. The molecule has 7 nitrogen and oxygen atoms in total. The Balaban J connectivity index is 1.81. The fourth-order valence-electron chi connectivity index (χ4n) is 2.19. The summed E-state index contributed by atoms with van der Waals surface area (Å²) in [6.07, 6.45) is -4.12. The highest BCUT2D eigenvalue weighted by Gasteiger charge is 2.31. The maximum atomic E-state index is 12.6. The molecule has 2 N–H and O–H groups in total. The number of hydrogen-bond donors (Lipinski definition) is 2. The monoisotopic (exact) mass is 443 g/mol. The van der Waals surface area contributed by atoms with Gasteiger partial charge in [0.1, 0.15) is 6.54 Å². The van der Waals surface area contributed by atoms with Gasteiger partial charge in [0, 0.05) is 11.8 Å². The van der Waals surface area contributed by atoms with Crippen LogP contribution in [0, 0.1) is 13.8 Å². The highest BCUT2D eigenvalue weighted by molar-refractivity contribution is 6.33. The minimum absolute atomic E-state index is 0.311. The van der Waals surface area contributed by atoms with E-state index in [9.17, 15) is 27.6 Å². The second-order valence-electron chi connectivity index (χ2n) is 6.24. The highest BCUT2D eigenvalue weighted by Crippen LogP contribution is 2.32. The smallest absolute Gasteiger partial charge is 0.417 e. The summed E-state index contributed by atoms with van der Waals surface area (Å²) in [6, 6.07) is 5.66. The molecule has 1 aromatic heterocycles. The summed E-state index contributed by atoms with van der Waals surface area (Å²) in [4.78, 5) is 38.9. The van der Waals surface area contributed by atoms with Gasteiger partial charge in [-0.15, -0.1) is 0 Å². The lowest BCUT2D eigenvalue weighted by molar-refractivity contribution is -0.146. The number of esters is 1. The van der Waals surface area contributed by atoms with Crippen LogP contribution in [0.1, 0.15) is 27.0 Å². The maximum absolute atomic E-state index is 12.6. The van der Waals surface area contributed by atoms with Crippen LogP contribution in [0.3, 0.4) is 0 Å². The summed E-state index contributed by atoms with van der Waals surface area (Å²) in [6.45, 7) is 2.53. The first-order valence-electron chi connectivity index (χ1n) is 8.51. The molecule has 0 fully saturated rings. The molecule has 11 heteroatoms. The number of nitrogens with one attached hydrogen (secondary N) is 2. The van der Waals surface area contributed by atoms with Gasteiger partial charge in [0.05, 0.1) is 10.6 Å². The number of carbonyl (C=O) groups excluding carboxylic acids is 3. The van der Waals surface area contributed by atoms with Crippen LogP contribution in [0.2, 0.25) is 5.02 Å². The second kappa shape index (κ2) is 9.57. The Morgan fingerprint density at radius 1 is 1.13 bits per heavy atom. The van der Waals surface area contributed by atoms with Gasteiger partial charge in [0.2, 0.25) is 0 Å². The number of nitrogens with zero attached hydrogens (tertiary/aromatic N) is 1. The molecule has 0 radical (unpaired) electrons. The van der Waals surface area contributed by atoms with Gasteiger partial charge in [-0.1, -0.05) is 17.7 Å². The van der Waals surface area contributed by atoms with E-state index in [-0.39, 0.29) is 5.82 Å². The first-order valence-corrected chi connectivity index (χ1v) is 8.89. The Morgan fingerprint density at radius 2 is 1.83 bits per heavy atom. The molecule has 0 aliphatic heterocycles. The van der Waals surface area contributed by atoms with Gasteiger partial charge in [-0.25, -0.2) is 4.98 Å². The fraction of sp³-hybridized carbons (Fsp3) is 0.263. The number of anilines is 1. The van der Waals surface area contributed by atoms with Crippen molar-refractivity contribution in [1.29, 1.82) is 0 Å². The second-order valence-corrected chi connectivity index (χ2v) is 6.65. The summed E-state index contributed by atoms with van der Waals surface area (Å²) >= 11 is 5.67. The molecule has 0 aliphatic rings. The molecule has 1 heterocycles. The summed E-state index contributed by atoms with van der Waals surface area (Å²) < 4.78 is 42.4. The van der Waals surface area contributed by atoms with Crippen LogP contribution < -0.4 is 10.6 Å². The molecule has 0 saturated heterocycles. The zero-order valence-electron chi connectivity index (χ0n) is 15.9. The van der Waals surface area contributed by atoms with E-state index in [2.05, 4.69) is 15.6 Å². The molecule has 30 heavy (non-hydrogen) atoms. The number of hydrogen-bond acceptors (Lipinski definition) is 5. The summed E-state index contributed by atoms with van der Waals surface area (Å²) in [7, 11) is 0. The fourth-order valence-corrected chi connectivity index (χ4v) is 2.40. The van der Waals surface area contributed by atoms with Crippen molar-refractivity contribution in [2.75, 3.05) is 18.5 Å². The number of benzene rings is 1. The zero-order valence-corrected chi connectivity index (χ0v) is 16.6. The van der Waals surface area contributed by atoms with E-state index < -0.39 is 47.7 Å². The van der Waals surface area contributed by atoms with E-state index in [0.29, 0.717) is 17.8 Å². The van der Waals surface area contributed by atoms with Crippen LogP contribution in [0.25, 0.3) is 0 Å². The molecule has 2 aromatic rings. The summed E-state index contributed by atoms with van der Waals surface area (Å²) in [5, 5.41) is 4.07. The van der Waals surface area contributed by atoms with Crippen LogP contribution in [0.4, 0.5) is 19.0 Å². The molecule has 0 spiro atoms. The number of aromatic nitrogens is 1. The standard InChI is InChI=1S/C19H17ClF3N3O4/c1-10-3-4-12(5-11(10)2)18(29)25-8-16(28)30-9-15(27)26-17-14(20)6-13(7-24-17)19(21,22)23/h3-7H,8-9H2,1-2H3,(H,25,29)(H,24,26,27). The number of amides is 2. The Kier molecular flexibility index (Phi) is 7.38. The summed E-state index contributed by atoms with van der Waals surface area (Å²) in [5.74, 6) is -2.54. The molecule has 2 rings (SSSR count). The average Bonchev–Trinajstić information content (AvgIpc) is 2.67. The SMILES string of the molecule is Cc1ccc(C(=O)NCC(=O)OCC(=O)Nc2ncc(C(F)(F)F)cc2Cl)cc1C. The predicted octanol–water partition coefficient (Wildman–Crippen LogP) is 3.28. The molecule has 0 atom stereocenters. The molecule has 160 valence electrons. The van der Waals surface area contributed by atoms with Crippen LogP contribution >= 0.6 is 11.6 Å². The number of rotatable bonds is 6. The minimum atomic E-state index is -4.63. The number of carbonyl (C=O) groups is 3. The van der Waals surface area contributed by atoms with Gasteiger partial charge in [-0.3, -0.25) is 14.4 Å². The Labute approximate surface area is 174 Å². The van der Waals surface area contributed by atoms with Crippen molar-refractivity contribution in [3.8, 4) is 0 Å². The van der Waals surface area contributed by atoms with Gasteiger partial charge in [-0.2, -0.15) is 13.2 Å². The molecular weight excluding hydrogens is 427 g/mol. The van der Waals surface area contributed by atoms with Crippen LogP contribution in [-0.4, -0.2) is 35.9 Å². The van der Waals surface area contributed by atoms with Crippen molar-refractivity contribution in [2.45, 2.75) is 20.0 Å². The van der Waals surface area contributed by atoms with Crippen LogP contribution in [0.15, 0.2) is 30.5 Å². The first kappa shape index (κ1) is 23.1. The topological polar surface area (TPSA) is 97.4 Å². The molecule has 2 amide bonds. The highest BCUT2D eigenvalue weighted by atomic mass is 35.5. The molecule has 1 aromatic carbocycles. The molecule has 0 unspecified atom stereocenters. The van der Waals surface area contributed by atoms with Crippen molar-refractivity contribution in [3.63, 3.8) is 0 Å². The van der Waals surface area contributed by atoms with E-state index in [1.807, 2.05) is 13.8 Å². The van der Waals surface area contributed by atoms with E-state index >= 15 is 0 Å². The molecule has 0 bridgehead atoms. The van der Waals surface area contributed by atoms with Crippen molar-refractivity contribution < 1.29 is 32.3 Å². The van der Waals surface area contributed by atoms with Crippen LogP contribution in [0.5, 0.6) is 0 Å². The van der Waals surface area contributed by atoms with Gasteiger partial charge in [-0.05, 0) is 43.2 Å². The summed E-state index contributed by atoms with van der Waals surface area (Å²) in [5.41, 5.74) is 1.22. The largest absolute Gasteiger partial charge is 0.454 e. The lowest BCUT2D eigenvalue weighted by Crippen LogP contribution is -2.32. The third-order valence-electron chi connectivity index (χ3n) is 3.95. The maximum Gasteiger partial charge on any atom is 0.417 e. The van der Waals surface area contributed by atoms with Crippen LogP contribution in [-0.2, 0) is 20.5 Å². The lowest BCUT2D eigenvalue weighted by atomic mass is 10.1. The van der Waals surface area contributed by atoms with E-state index in [1.165, 1.54) is 0 Å². The van der Waals surface area contributed by atoms with E-state index in [0.717, 1.165) is 11.1 Å². The van der Waals surface area contributed by atoms with Gasteiger partial charge in [0.15, 0.2) is 12.4 Å². The molecular formula is C19H17ClF3N3O4. The van der Waals surface area contributed by atoms with Crippen molar-refractivity contribution >= 4 is 35.2 Å². The average molecular weight is 444 g/mol. The number of alkyl halides is 3. The molecule has 0 aliphatic carbocycles. The van der Waals surface area contributed by atoms with Crippen molar-refractivity contribution in [3.05, 3.63) is 57.7 Å².